The minimum absolute atomic E-state index is 0.687. The first kappa shape index (κ1) is 13.6. The van der Waals surface area contributed by atoms with Gasteiger partial charge in [-0.15, -0.1) is 0 Å². The van der Waals surface area contributed by atoms with Gasteiger partial charge in [0.05, 0.1) is 5.69 Å². The Balaban J connectivity index is 1.90. The first-order valence-corrected chi connectivity index (χ1v) is 7.43. The standard InChI is InChI=1S/C15H27N3/c1-4-13-11-14(18(3)17-13)9-10-15(16-2)12-7-5-6-8-12/h11-12,15-16H,4-10H2,1-3H3. The molecule has 1 aromatic rings. The van der Waals surface area contributed by atoms with Crippen LogP contribution in [0.15, 0.2) is 6.07 Å². The molecule has 1 aromatic heterocycles. The fourth-order valence-electron chi connectivity index (χ4n) is 3.26. The quantitative estimate of drug-likeness (QED) is 0.840. The van der Waals surface area contributed by atoms with Gasteiger partial charge in [-0.1, -0.05) is 19.8 Å². The maximum Gasteiger partial charge on any atom is 0.0624 e. The monoisotopic (exact) mass is 249 g/mol. The molecule has 3 nitrogen and oxygen atoms in total. The second-order valence-electron chi connectivity index (χ2n) is 5.58. The molecule has 0 saturated heterocycles. The van der Waals surface area contributed by atoms with E-state index in [1.165, 1.54) is 43.5 Å². The van der Waals surface area contributed by atoms with Crippen LogP contribution in [0.4, 0.5) is 0 Å². The Bertz CT molecular complexity index is 364. The summed E-state index contributed by atoms with van der Waals surface area (Å²) >= 11 is 0. The van der Waals surface area contributed by atoms with Crippen LogP contribution in [-0.4, -0.2) is 22.9 Å². The van der Waals surface area contributed by atoms with Gasteiger partial charge in [-0.25, -0.2) is 0 Å². The molecule has 1 saturated carbocycles. The molecule has 18 heavy (non-hydrogen) atoms. The SMILES string of the molecule is CCc1cc(CCC(NC)C2CCCC2)n(C)n1. The van der Waals surface area contributed by atoms with Gasteiger partial charge in [-0.3, -0.25) is 4.68 Å². The summed E-state index contributed by atoms with van der Waals surface area (Å²) in [6, 6.07) is 2.95. The van der Waals surface area contributed by atoms with Crippen LogP contribution in [0.5, 0.6) is 0 Å². The first-order valence-electron chi connectivity index (χ1n) is 7.43. The van der Waals surface area contributed by atoms with Crippen molar-refractivity contribution < 1.29 is 0 Å². The highest BCUT2D eigenvalue weighted by Crippen LogP contribution is 2.29. The van der Waals surface area contributed by atoms with Crippen LogP contribution in [0.25, 0.3) is 0 Å². The van der Waals surface area contributed by atoms with Crippen molar-refractivity contribution in [1.82, 2.24) is 15.1 Å². The molecule has 3 heteroatoms. The molecule has 0 spiro atoms. The minimum atomic E-state index is 0.687. The summed E-state index contributed by atoms with van der Waals surface area (Å²) in [6.07, 6.45) is 9.10. The van der Waals surface area contributed by atoms with Gasteiger partial charge in [0.1, 0.15) is 0 Å². The van der Waals surface area contributed by atoms with Crippen molar-refractivity contribution in [2.24, 2.45) is 13.0 Å². The van der Waals surface area contributed by atoms with E-state index >= 15 is 0 Å². The number of hydrogen-bond donors (Lipinski definition) is 1. The van der Waals surface area contributed by atoms with E-state index in [0.29, 0.717) is 6.04 Å². The van der Waals surface area contributed by atoms with E-state index in [-0.39, 0.29) is 0 Å². The van der Waals surface area contributed by atoms with Gasteiger partial charge in [-0.2, -0.15) is 5.10 Å². The van der Waals surface area contributed by atoms with Crippen molar-refractivity contribution in [3.8, 4) is 0 Å². The summed E-state index contributed by atoms with van der Waals surface area (Å²) in [5, 5.41) is 8.05. The maximum absolute atomic E-state index is 4.53. The number of nitrogens with one attached hydrogen (secondary N) is 1. The average molecular weight is 249 g/mol. The van der Waals surface area contributed by atoms with E-state index < -0.39 is 0 Å². The molecular formula is C15H27N3. The molecule has 2 rings (SSSR count). The van der Waals surface area contributed by atoms with E-state index in [9.17, 15) is 0 Å². The fourth-order valence-corrected chi connectivity index (χ4v) is 3.26. The number of hydrogen-bond acceptors (Lipinski definition) is 2. The van der Waals surface area contributed by atoms with Gasteiger partial charge in [-0.05, 0) is 51.1 Å². The van der Waals surface area contributed by atoms with E-state index in [0.717, 1.165) is 18.8 Å². The van der Waals surface area contributed by atoms with Crippen molar-refractivity contribution in [3.05, 3.63) is 17.5 Å². The summed E-state index contributed by atoms with van der Waals surface area (Å²) in [5.41, 5.74) is 2.60. The molecule has 0 aromatic carbocycles. The Labute approximate surface area is 111 Å². The second-order valence-corrected chi connectivity index (χ2v) is 5.58. The Hall–Kier alpha value is -0.830. The predicted molar refractivity (Wildman–Crippen MR) is 75.7 cm³/mol. The van der Waals surface area contributed by atoms with E-state index in [2.05, 4.69) is 42.2 Å². The summed E-state index contributed by atoms with van der Waals surface area (Å²) < 4.78 is 2.06. The fraction of sp³-hybridized carbons (Fsp3) is 0.800. The van der Waals surface area contributed by atoms with Crippen molar-refractivity contribution in [2.75, 3.05) is 7.05 Å². The molecule has 1 N–H and O–H groups in total. The second kappa shape index (κ2) is 6.37. The van der Waals surface area contributed by atoms with Crippen LogP contribution < -0.4 is 5.32 Å². The third kappa shape index (κ3) is 3.14. The maximum atomic E-state index is 4.53. The summed E-state index contributed by atoms with van der Waals surface area (Å²) in [7, 11) is 4.18. The molecule has 1 aliphatic carbocycles. The number of rotatable bonds is 6. The van der Waals surface area contributed by atoms with Gasteiger partial charge in [0, 0.05) is 18.8 Å². The lowest BCUT2D eigenvalue weighted by molar-refractivity contribution is 0.357. The van der Waals surface area contributed by atoms with Crippen LogP contribution in [0, 0.1) is 5.92 Å². The molecule has 0 radical (unpaired) electrons. The van der Waals surface area contributed by atoms with Crippen LogP contribution in [-0.2, 0) is 19.9 Å². The van der Waals surface area contributed by atoms with Gasteiger partial charge < -0.3 is 5.32 Å². The smallest absolute Gasteiger partial charge is 0.0624 e. The largest absolute Gasteiger partial charge is 0.317 e. The third-order valence-electron chi connectivity index (χ3n) is 4.44. The predicted octanol–water partition coefficient (Wildman–Crippen LogP) is 2.69. The topological polar surface area (TPSA) is 29.9 Å². The zero-order valence-corrected chi connectivity index (χ0v) is 12.1. The molecule has 102 valence electrons. The lowest BCUT2D eigenvalue weighted by atomic mass is 9.93. The highest BCUT2D eigenvalue weighted by Gasteiger charge is 2.23. The molecule has 1 fully saturated rings. The highest BCUT2D eigenvalue weighted by atomic mass is 15.3. The van der Waals surface area contributed by atoms with Gasteiger partial charge in [0.2, 0.25) is 0 Å². The zero-order valence-electron chi connectivity index (χ0n) is 12.1. The molecule has 1 atom stereocenters. The molecular weight excluding hydrogens is 222 g/mol. The molecule has 0 bridgehead atoms. The lowest BCUT2D eigenvalue weighted by Crippen LogP contribution is -2.32. The Morgan fingerprint density at radius 1 is 1.44 bits per heavy atom. The molecule has 1 heterocycles. The van der Waals surface area contributed by atoms with Crippen LogP contribution in [0.3, 0.4) is 0 Å². The molecule has 0 aliphatic heterocycles. The summed E-state index contributed by atoms with van der Waals surface area (Å²) in [6.45, 7) is 2.17. The van der Waals surface area contributed by atoms with Gasteiger partial charge >= 0.3 is 0 Å². The molecule has 1 unspecified atom stereocenters. The minimum Gasteiger partial charge on any atom is -0.317 e. The normalized spacial score (nSPS) is 18.4. The third-order valence-corrected chi connectivity index (χ3v) is 4.44. The summed E-state index contributed by atoms with van der Waals surface area (Å²) in [5.74, 6) is 0.897. The molecule has 1 aliphatic rings. The van der Waals surface area contributed by atoms with Crippen molar-refractivity contribution >= 4 is 0 Å². The Morgan fingerprint density at radius 2 is 2.17 bits per heavy atom. The first-order chi connectivity index (χ1) is 8.74. The van der Waals surface area contributed by atoms with Crippen molar-refractivity contribution in [1.29, 1.82) is 0 Å². The van der Waals surface area contributed by atoms with E-state index in [1.807, 2.05) is 0 Å². The highest BCUT2D eigenvalue weighted by molar-refractivity contribution is 5.10. The van der Waals surface area contributed by atoms with E-state index in [1.54, 1.807) is 0 Å². The lowest BCUT2D eigenvalue weighted by Gasteiger charge is -2.22. The van der Waals surface area contributed by atoms with Crippen LogP contribution >= 0.6 is 0 Å². The Kier molecular flexibility index (Phi) is 4.81. The van der Waals surface area contributed by atoms with Gasteiger partial charge in [0.25, 0.3) is 0 Å². The average Bonchev–Trinajstić information content (AvgIpc) is 3.00. The number of aryl methyl sites for hydroxylation is 3. The van der Waals surface area contributed by atoms with Crippen LogP contribution in [0.1, 0.15) is 50.4 Å². The number of nitrogens with zero attached hydrogens (tertiary/aromatic N) is 2. The summed E-state index contributed by atoms with van der Waals surface area (Å²) in [4.78, 5) is 0. The molecule has 0 amide bonds. The van der Waals surface area contributed by atoms with Crippen molar-refractivity contribution in [2.45, 2.75) is 57.9 Å². The van der Waals surface area contributed by atoms with Crippen molar-refractivity contribution in [3.63, 3.8) is 0 Å². The number of aromatic nitrogens is 2. The zero-order chi connectivity index (χ0) is 13.0. The van der Waals surface area contributed by atoms with E-state index in [4.69, 9.17) is 0 Å². The van der Waals surface area contributed by atoms with Gasteiger partial charge in [0.15, 0.2) is 0 Å². The Morgan fingerprint density at radius 3 is 2.72 bits per heavy atom. The van der Waals surface area contributed by atoms with Crippen LogP contribution in [0.2, 0.25) is 0 Å².